The Morgan fingerprint density at radius 1 is 1.33 bits per heavy atom. The number of hydrogen-bond acceptors (Lipinski definition) is 2. The summed E-state index contributed by atoms with van der Waals surface area (Å²) < 4.78 is 13.5. The number of rotatable bonds is 4. The number of carbonyl (C=O) groups is 1. The van der Waals surface area contributed by atoms with Crippen molar-refractivity contribution < 1.29 is 9.18 Å². The van der Waals surface area contributed by atoms with Crippen molar-refractivity contribution in [1.29, 1.82) is 0 Å². The molecule has 0 saturated carbocycles. The summed E-state index contributed by atoms with van der Waals surface area (Å²) in [4.78, 5) is 15.8. The number of nitrogens with zero attached hydrogens (tertiary/aromatic N) is 1. The Morgan fingerprint density at radius 3 is 2.89 bits per heavy atom. The first-order chi connectivity index (χ1) is 8.72. The van der Waals surface area contributed by atoms with Gasteiger partial charge in [0.05, 0.1) is 11.8 Å². The molecule has 18 heavy (non-hydrogen) atoms. The van der Waals surface area contributed by atoms with Crippen LogP contribution < -0.4 is 0 Å². The summed E-state index contributed by atoms with van der Waals surface area (Å²) in [6, 6.07) is 8.75. The second-order valence-corrected chi connectivity index (χ2v) is 4.14. The molecule has 0 saturated heterocycles. The van der Waals surface area contributed by atoms with Crippen LogP contribution in [0.4, 0.5) is 4.39 Å². The quantitative estimate of drug-likeness (QED) is 0.770. The number of aromatic nitrogens is 1. The third kappa shape index (κ3) is 2.62. The van der Waals surface area contributed by atoms with E-state index in [1.54, 1.807) is 6.07 Å². The maximum absolute atomic E-state index is 13.5. The first-order valence-corrected chi connectivity index (χ1v) is 5.95. The number of pyridine rings is 1. The Labute approximate surface area is 105 Å². The minimum atomic E-state index is -0.580. The highest BCUT2D eigenvalue weighted by molar-refractivity contribution is 6.09. The fourth-order valence-corrected chi connectivity index (χ4v) is 1.87. The summed E-state index contributed by atoms with van der Waals surface area (Å²) in [5, 5.41) is 0. The van der Waals surface area contributed by atoms with Crippen LogP contribution in [0.2, 0.25) is 0 Å². The average molecular weight is 243 g/mol. The maximum atomic E-state index is 13.5. The molecule has 1 heterocycles. The molecule has 0 atom stereocenters. The Hall–Kier alpha value is -2.03. The highest BCUT2D eigenvalue weighted by Gasteiger charge is 2.13. The standard InChI is InChI=1S/C15H14FNO/c1-2-4-11-5-3-6-12(9-11)15(18)13-7-8-17-10-14(13)16/h3,5-10H,2,4H2,1H3. The van der Waals surface area contributed by atoms with Crippen LogP contribution in [0.15, 0.2) is 42.7 Å². The van der Waals surface area contributed by atoms with Crippen molar-refractivity contribution in [3.05, 3.63) is 65.2 Å². The van der Waals surface area contributed by atoms with Crippen molar-refractivity contribution in [2.75, 3.05) is 0 Å². The van der Waals surface area contributed by atoms with Gasteiger partial charge < -0.3 is 0 Å². The zero-order chi connectivity index (χ0) is 13.0. The molecule has 0 fully saturated rings. The third-order valence-corrected chi connectivity index (χ3v) is 2.74. The van der Waals surface area contributed by atoms with Gasteiger partial charge >= 0.3 is 0 Å². The zero-order valence-electron chi connectivity index (χ0n) is 10.2. The average Bonchev–Trinajstić information content (AvgIpc) is 2.39. The van der Waals surface area contributed by atoms with Gasteiger partial charge in [0.2, 0.25) is 0 Å². The molecular formula is C15H14FNO. The summed E-state index contributed by atoms with van der Waals surface area (Å²) in [6.07, 6.45) is 4.41. The van der Waals surface area contributed by atoms with Gasteiger partial charge in [-0.15, -0.1) is 0 Å². The van der Waals surface area contributed by atoms with Gasteiger partial charge in [0, 0.05) is 11.8 Å². The van der Waals surface area contributed by atoms with Crippen LogP contribution in [0, 0.1) is 5.82 Å². The lowest BCUT2D eigenvalue weighted by atomic mass is 10.0. The van der Waals surface area contributed by atoms with Crippen molar-refractivity contribution in [2.24, 2.45) is 0 Å². The lowest BCUT2D eigenvalue weighted by Crippen LogP contribution is -2.05. The second-order valence-electron chi connectivity index (χ2n) is 4.14. The number of halogens is 1. The maximum Gasteiger partial charge on any atom is 0.196 e. The monoisotopic (exact) mass is 243 g/mol. The van der Waals surface area contributed by atoms with Crippen molar-refractivity contribution in [3.8, 4) is 0 Å². The molecule has 0 unspecified atom stereocenters. The van der Waals surface area contributed by atoms with Crippen LogP contribution in [0.5, 0.6) is 0 Å². The van der Waals surface area contributed by atoms with Crippen LogP contribution in [0.1, 0.15) is 34.8 Å². The van der Waals surface area contributed by atoms with E-state index in [4.69, 9.17) is 0 Å². The van der Waals surface area contributed by atoms with Crippen LogP contribution in [-0.2, 0) is 6.42 Å². The largest absolute Gasteiger partial charge is 0.288 e. The first-order valence-electron chi connectivity index (χ1n) is 5.95. The first kappa shape index (κ1) is 12.4. The summed E-state index contributed by atoms with van der Waals surface area (Å²) in [5.41, 5.74) is 1.68. The smallest absolute Gasteiger partial charge is 0.196 e. The Balaban J connectivity index is 2.34. The molecule has 0 bridgehead atoms. The highest BCUT2D eigenvalue weighted by Crippen LogP contribution is 2.14. The van der Waals surface area contributed by atoms with Gasteiger partial charge in [-0.3, -0.25) is 9.78 Å². The van der Waals surface area contributed by atoms with Gasteiger partial charge in [-0.2, -0.15) is 0 Å². The molecule has 2 rings (SSSR count). The van der Waals surface area contributed by atoms with E-state index >= 15 is 0 Å². The molecular weight excluding hydrogens is 229 g/mol. The highest BCUT2D eigenvalue weighted by atomic mass is 19.1. The lowest BCUT2D eigenvalue weighted by molar-refractivity contribution is 0.103. The fourth-order valence-electron chi connectivity index (χ4n) is 1.87. The van der Waals surface area contributed by atoms with E-state index < -0.39 is 5.82 Å². The molecule has 2 aromatic rings. The summed E-state index contributed by atoms with van der Waals surface area (Å²) in [6.45, 7) is 2.08. The minimum Gasteiger partial charge on any atom is -0.288 e. The van der Waals surface area contributed by atoms with Gasteiger partial charge in [0.25, 0.3) is 0 Å². The van der Waals surface area contributed by atoms with Crippen molar-refractivity contribution in [2.45, 2.75) is 19.8 Å². The molecule has 2 nitrogen and oxygen atoms in total. The van der Waals surface area contributed by atoms with Crippen LogP contribution in [0.3, 0.4) is 0 Å². The zero-order valence-corrected chi connectivity index (χ0v) is 10.2. The normalized spacial score (nSPS) is 10.3. The van der Waals surface area contributed by atoms with Crippen LogP contribution >= 0.6 is 0 Å². The Morgan fingerprint density at radius 2 is 2.17 bits per heavy atom. The molecule has 0 spiro atoms. The Kier molecular flexibility index (Phi) is 3.82. The van der Waals surface area contributed by atoms with E-state index in [9.17, 15) is 9.18 Å². The molecule has 0 amide bonds. The predicted octanol–water partition coefficient (Wildman–Crippen LogP) is 3.40. The second kappa shape index (κ2) is 5.54. The van der Waals surface area contributed by atoms with E-state index in [0.29, 0.717) is 5.56 Å². The van der Waals surface area contributed by atoms with Gasteiger partial charge in [-0.1, -0.05) is 31.5 Å². The predicted molar refractivity (Wildman–Crippen MR) is 68.1 cm³/mol. The number of carbonyl (C=O) groups excluding carboxylic acids is 1. The van der Waals surface area contributed by atoms with Crippen molar-refractivity contribution in [3.63, 3.8) is 0 Å². The van der Waals surface area contributed by atoms with E-state index in [2.05, 4.69) is 11.9 Å². The number of benzene rings is 1. The van der Waals surface area contributed by atoms with Gasteiger partial charge in [-0.05, 0) is 24.1 Å². The van der Waals surface area contributed by atoms with Gasteiger partial charge in [0.1, 0.15) is 0 Å². The number of hydrogen-bond donors (Lipinski definition) is 0. The third-order valence-electron chi connectivity index (χ3n) is 2.74. The molecule has 0 aliphatic heterocycles. The van der Waals surface area contributed by atoms with E-state index in [1.165, 1.54) is 12.3 Å². The van der Waals surface area contributed by atoms with Gasteiger partial charge in [-0.25, -0.2) is 4.39 Å². The van der Waals surface area contributed by atoms with E-state index in [1.807, 2.05) is 18.2 Å². The molecule has 1 aromatic carbocycles. The summed E-state index contributed by atoms with van der Waals surface area (Å²) in [5.74, 6) is -0.878. The van der Waals surface area contributed by atoms with Crippen LogP contribution in [0.25, 0.3) is 0 Å². The molecule has 92 valence electrons. The van der Waals surface area contributed by atoms with E-state index in [0.717, 1.165) is 24.6 Å². The Bertz CT molecular complexity index is 566. The molecule has 1 aromatic heterocycles. The van der Waals surface area contributed by atoms with Gasteiger partial charge in [0.15, 0.2) is 11.6 Å². The molecule has 0 radical (unpaired) electrons. The number of aryl methyl sites for hydroxylation is 1. The minimum absolute atomic E-state index is 0.0682. The molecule has 0 N–H and O–H groups in total. The molecule has 3 heteroatoms. The SMILES string of the molecule is CCCc1cccc(C(=O)c2ccncc2F)c1. The summed E-state index contributed by atoms with van der Waals surface area (Å²) in [7, 11) is 0. The lowest BCUT2D eigenvalue weighted by Gasteiger charge is -2.04. The molecule has 0 aliphatic carbocycles. The van der Waals surface area contributed by atoms with E-state index in [-0.39, 0.29) is 11.3 Å². The van der Waals surface area contributed by atoms with Crippen molar-refractivity contribution >= 4 is 5.78 Å². The van der Waals surface area contributed by atoms with Crippen LogP contribution in [-0.4, -0.2) is 10.8 Å². The number of ketones is 1. The summed E-state index contributed by atoms with van der Waals surface area (Å²) >= 11 is 0. The fraction of sp³-hybridized carbons (Fsp3) is 0.200. The topological polar surface area (TPSA) is 30.0 Å². The van der Waals surface area contributed by atoms with Crippen molar-refractivity contribution in [1.82, 2.24) is 4.98 Å². The molecule has 0 aliphatic rings.